The van der Waals surface area contributed by atoms with E-state index in [9.17, 15) is 0 Å². The van der Waals surface area contributed by atoms with Crippen molar-refractivity contribution in [2.75, 3.05) is 26.4 Å². The Hall–Kier alpha value is 0.314. The van der Waals surface area contributed by atoms with Crippen LogP contribution in [0.1, 0.15) is 13.3 Å². The SMILES string of the molecule is CCO[Si](C)(C)CCCOCCO[Si](C)(C)C. The van der Waals surface area contributed by atoms with Crippen molar-refractivity contribution in [3.63, 3.8) is 0 Å². The molecular weight excluding hydrogens is 248 g/mol. The summed E-state index contributed by atoms with van der Waals surface area (Å²) in [6.45, 7) is 16.3. The van der Waals surface area contributed by atoms with E-state index in [2.05, 4.69) is 39.7 Å². The Kier molecular flexibility index (Phi) is 8.58. The van der Waals surface area contributed by atoms with Crippen LogP contribution in [0.5, 0.6) is 0 Å². The van der Waals surface area contributed by atoms with Gasteiger partial charge >= 0.3 is 0 Å². The van der Waals surface area contributed by atoms with Gasteiger partial charge in [0.25, 0.3) is 0 Å². The van der Waals surface area contributed by atoms with Crippen LogP contribution in [0.3, 0.4) is 0 Å². The highest BCUT2D eigenvalue weighted by molar-refractivity contribution is 6.71. The maximum atomic E-state index is 5.77. The van der Waals surface area contributed by atoms with E-state index in [0.717, 1.165) is 32.8 Å². The summed E-state index contributed by atoms with van der Waals surface area (Å²) >= 11 is 0. The van der Waals surface area contributed by atoms with Crippen molar-refractivity contribution in [2.24, 2.45) is 0 Å². The zero-order valence-electron chi connectivity index (χ0n) is 12.5. The second kappa shape index (κ2) is 8.42. The normalized spacial score (nSPS) is 13.1. The first-order chi connectivity index (χ1) is 7.77. The lowest BCUT2D eigenvalue weighted by Crippen LogP contribution is -2.30. The van der Waals surface area contributed by atoms with E-state index in [0.29, 0.717) is 0 Å². The molecule has 17 heavy (non-hydrogen) atoms. The van der Waals surface area contributed by atoms with Gasteiger partial charge in [0.2, 0.25) is 0 Å². The van der Waals surface area contributed by atoms with Crippen LogP contribution < -0.4 is 0 Å². The summed E-state index contributed by atoms with van der Waals surface area (Å²) in [4.78, 5) is 0. The third kappa shape index (κ3) is 12.6. The zero-order valence-corrected chi connectivity index (χ0v) is 14.5. The second-order valence-electron chi connectivity index (χ2n) is 5.87. The number of hydrogen-bond acceptors (Lipinski definition) is 3. The zero-order chi connectivity index (χ0) is 13.4. The Morgan fingerprint density at radius 3 is 2.00 bits per heavy atom. The second-order valence-corrected chi connectivity index (χ2v) is 14.7. The molecule has 0 amide bonds. The van der Waals surface area contributed by atoms with Crippen LogP contribution in [0.4, 0.5) is 0 Å². The number of ether oxygens (including phenoxy) is 1. The van der Waals surface area contributed by atoms with E-state index in [4.69, 9.17) is 13.6 Å². The van der Waals surface area contributed by atoms with Gasteiger partial charge in [-0.25, -0.2) is 0 Å². The first-order valence-electron chi connectivity index (χ1n) is 6.62. The summed E-state index contributed by atoms with van der Waals surface area (Å²) in [5.74, 6) is 0. The predicted octanol–water partition coefficient (Wildman–Crippen LogP) is 3.49. The molecule has 0 aromatic rings. The molecule has 0 spiro atoms. The first-order valence-corrected chi connectivity index (χ1v) is 13.1. The fraction of sp³-hybridized carbons (Fsp3) is 1.00. The van der Waals surface area contributed by atoms with Crippen LogP contribution >= 0.6 is 0 Å². The van der Waals surface area contributed by atoms with Gasteiger partial charge in [0, 0.05) is 13.2 Å². The molecule has 0 aliphatic heterocycles. The van der Waals surface area contributed by atoms with Gasteiger partial charge in [-0.05, 0) is 52.1 Å². The molecule has 0 fully saturated rings. The molecule has 0 N–H and O–H groups in total. The molecular formula is C12H30O3Si2. The van der Waals surface area contributed by atoms with Gasteiger partial charge < -0.3 is 13.6 Å². The van der Waals surface area contributed by atoms with Gasteiger partial charge in [-0.2, -0.15) is 0 Å². The molecule has 0 radical (unpaired) electrons. The maximum Gasteiger partial charge on any atom is 0.186 e. The molecule has 0 saturated heterocycles. The van der Waals surface area contributed by atoms with Gasteiger partial charge in [0.05, 0.1) is 13.2 Å². The Bertz CT molecular complexity index is 191. The Morgan fingerprint density at radius 2 is 1.47 bits per heavy atom. The summed E-state index contributed by atoms with van der Waals surface area (Å²) in [5, 5.41) is 0. The molecule has 0 heterocycles. The van der Waals surface area contributed by atoms with Crippen LogP contribution in [0.2, 0.25) is 38.8 Å². The van der Waals surface area contributed by atoms with Crippen molar-refractivity contribution >= 4 is 16.6 Å². The van der Waals surface area contributed by atoms with Crippen LogP contribution in [-0.4, -0.2) is 43.1 Å². The topological polar surface area (TPSA) is 27.7 Å². The van der Waals surface area contributed by atoms with Gasteiger partial charge in [0.1, 0.15) is 0 Å². The van der Waals surface area contributed by atoms with E-state index in [1.54, 1.807) is 0 Å². The van der Waals surface area contributed by atoms with Crippen molar-refractivity contribution in [3.05, 3.63) is 0 Å². The summed E-state index contributed by atoms with van der Waals surface area (Å²) in [7, 11) is -2.77. The molecule has 0 aliphatic rings. The maximum absolute atomic E-state index is 5.77. The highest BCUT2D eigenvalue weighted by Gasteiger charge is 2.20. The van der Waals surface area contributed by atoms with Crippen LogP contribution in [0, 0.1) is 0 Å². The van der Waals surface area contributed by atoms with Crippen molar-refractivity contribution in [2.45, 2.75) is 52.1 Å². The monoisotopic (exact) mass is 278 g/mol. The molecule has 0 aliphatic carbocycles. The molecule has 104 valence electrons. The fourth-order valence-corrected chi connectivity index (χ4v) is 4.19. The van der Waals surface area contributed by atoms with E-state index in [1.165, 1.54) is 6.04 Å². The van der Waals surface area contributed by atoms with Gasteiger partial charge in [-0.1, -0.05) is 0 Å². The molecule has 0 saturated carbocycles. The summed E-state index contributed by atoms with van der Waals surface area (Å²) < 4.78 is 17.0. The van der Waals surface area contributed by atoms with Gasteiger partial charge in [-0.15, -0.1) is 0 Å². The lowest BCUT2D eigenvalue weighted by molar-refractivity contribution is 0.0977. The standard InChI is InChI=1S/C12H30O3Si2/c1-7-14-17(5,6)12-8-9-13-10-11-15-16(2,3)4/h7-12H2,1-6H3. The lowest BCUT2D eigenvalue weighted by Gasteiger charge is -2.21. The smallest absolute Gasteiger partial charge is 0.186 e. The lowest BCUT2D eigenvalue weighted by atomic mass is 10.5. The highest BCUT2D eigenvalue weighted by atomic mass is 28.4. The van der Waals surface area contributed by atoms with Crippen LogP contribution in [-0.2, 0) is 13.6 Å². The fourth-order valence-electron chi connectivity index (χ4n) is 1.57. The van der Waals surface area contributed by atoms with E-state index < -0.39 is 16.6 Å². The van der Waals surface area contributed by atoms with E-state index >= 15 is 0 Å². The predicted molar refractivity (Wildman–Crippen MR) is 78.6 cm³/mol. The molecule has 0 aromatic heterocycles. The third-order valence-electron chi connectivity index (χ3n) is 2.37. The Labute approximate surface area is 109 Å². The van der Waals surface area contributed by atoms with Crippen molar-refractivity contribution in [3.8, 4) is 0 Å². The van der Waals surface area contributed by atoms with E-state index in [-0.39, 0.29) is 0 Å². The highest BCUT2D eigenvalue weighted by Crippen LogP contribution is 2.13. The van der Waals surface area contributed by atoms with Crippen molar-refractivity contribution in [1.29, 1.82) is 0 Å². The molecule has 0 bridgehead atoms. The molecule has 5 heteroatoms. The third-order valence-corrected chi connectivity index (χ3v) is 6.06. The minimum atomic E-state index is -1.41. The van der Waals surface area contributed by atoms with Gasteiger partial charge in [0.15, 0.2) is 16.6 Å². The summed E-state index contributed by atoms with van der Waals surface area (Å²) in [5.41, 5.74) is 0. The Balaban J connectivity index is 3.35. The molecule has 0 unspecified atom stereocenters. The quantitative estimate of drug-likeness (QED) is 0.452. The summed E-state index contributed by atoms with van der Waals surface area (Å²) in [6, 6.07) is 1.18. The minimum absolute atomic E-state index is 0.723. The number of rotatable bonds is 10. The number of hydrogen-bond donors (Lipinski definition) is 0. The first kappa shape index (κ1) is 17.3. The average molecular weight is 279 g/mol. The largest absolute Gasteiger partial charge is 0.418 e. The molecule has 0 atom stereocenters. The van der Waals surface area contributed by atoms with E-state index in [1.807, 2.05) is 0 Å². The average Bonchev–Trinajstić information content (AvgIpc) is 2.14. The van der Waals surface area contributed by atoms with Crippen molar-refractivity contribution < 1.29 is 13.6 Å². The minimum Gasteiger partial charge on any atom is -0.418 e. The van der Waals surface area contributed by atoms with Crippen LogP contribution in [0.25, 0.3) is 0 Å². The van der Waals surface area contributed by atoms with Gasteiger partial charge in [-0.3, -0.25) is 0 Å². The molecule has 3 nitrogen and oxygen atoms in total. The van der Waals surface area contributed by atoms with Crippen molar-refractivity contribution in [1.82, 2.24) is 0 Å². The molecule has 0 rings (SSSR count). The molecule has 0 aromatic carbocycles. The Morgan fingerprint density at radius 1 is 0.824 bits per heavy atom. The summed E-state index contributed by atoms with van der Waals surface area (Å²) in [6.07, 6.45) is 1.10. The van der Waals surface area contributed by atoms with Crippen LogP contribution in [0.15, 0.2) is 0 Å².